The van der Waals surface area contributed by atoms with Crippen LogP contribution in [0.2, 0.25) is 0 Å². The Labute approximate surface area is 143 Å². The number of nitrogens with two attached hydrogens (primary N) is 1. The van der Waals surface area contributed by atoms with Crippen molar-refractivity contribution in [2.75, 3.05) is 19.3 Å². The highest BCUT2D eigenvalue weighted by Crippen LogP contribution is 2.19. The number of thiophene rings is 1. The van der Waals surface area contributed by atoms with Gasteiger partial charge in [-0.2, -0.15) is 0 Å². The maximum absolute atomic E-state index is 12.6. The highest BCUT2D eigenvalue weighted by molar-refractivity contribution is 8.02. The summed E-state index contributed by atoms with van der Waals surface area (Å²) in [4.78, 5) is 17.1. The van der Waals surface area contributed by atoms with E-state index >= 15 is 0 Å². The summed E-state index contributed by atoms with van der Waals surface area (Å²) in [5, 5.41) is 2.07. The Hall–Kier alpha value is -0.780. The van der Waals surface area contributed by atoms with Crippen molar-refractivity contribution in [2.45, 2.75) is 45.6 Å². The molecule has 0 atom stereocenters. The Balaban J connectivity index is 2.64. The number of allylic oxidation sites excluding steroid dienone is 1. The van der Waals surface area contributed by atoms with Crippen LogP contribution in [0.5, 0.6) is 0 Å². The highest BCUT2D eigenvalue weighted by atomic mass is 32.2. The van der Waals surface area contributed by atoms with Crippen molar-refractivity contribution < 1.29 is 4.79 Å². The number of carbonyl (C=O) groups excluding carboxylic acids is 1. The number of nitrogens with zero attached hydrogens (tertiary/aromatic N) is 1. The predicted octanol–water partition coefficient (Wildman–Crippen LogP) is 4.25. The smallest absolute Gasteiger partial charge is 0.223 e. The number of amides is 1. The zero-order chi connectivity index (χ0) is 16.2. The van der Waals surface area contributed by atoms with Crippen molar-refractivity contribution in [3.8, 4) is 0 Å². The van der Waals surface area contributed by atoms with Gasteiger partial charge >= 0.3 is 0 Å². The molecule has 1 amide bonds. The molecular weight excluding hydrogens is 312 g/mol. The fourth-order valence-electron chi connectivity index (χ4n) is 2.21. The number of hydrogen-bond acceptors (Lipinski definition) is 4. The average Bonchev–Trinajstić information content (AvgIpc) is 3.03. The Kier molecular flexibility index (Phi) is 10.3. The lowest BCUT2D eigenvalue weighted by Crippen LogP contribution is -2.31. The minimum atomic E-state index is 0.251. The van der Waals surface area contributed by atoms with Crippen LogP contribution in [0.4, 0.5) is 0 Å². The van der Waals surface area contributed by atoms with Gasteiger partial charge in [0.25, 0.3) is 0 Å². The van der Waals surface area contributed by atoms with Crippen molar-refractivity contribution in [1.29, 1.82) is 0 Å². The lowest BCUT2D eigenvalue weighted by molar-refractivity contribution is -0.131. The number of thioether (sulfide) groups is 1. The molecule has 0 aliphatic carbocycles. The largest absolute Gasteiger partial charge is 0.333 e. The summed E-state index contributed by atoms with van der Waals surface area (Å²) in [7, 11) is 0. The Morgan fingerprint density at radius 2 is 2.23 bits per heavy atom. The second kappa shape index (κ2) is 11.7. The van der Waals surface area contributed by atoms with Gasteiger partial charge in [-0.3, -0.25) is 4.79 Å². The Morgan fingerprint density at radius 1 is 1.41 bits per heavy atom. The minimum Gasteiger partial charge on any atom is -0.333 e. The van der Waals surface area contributed by atoms with Crippen LogP contribution in [-0.2, 0) is 11.3 Å². The van der Waals surface area contributed by atoms with Gasteiger partial charge in [-0.05, 0) is 48.4 Å². The molecule has 0 aliphatic heterocycles. The van der Waals surface area contributed by atoms with Crippen LogP contribution in [0.25, 0.3) is 0 Å². The third-order valence-corrected chi connectivity index (χ3v) is 5.10. The molecule has 0 aromatic carbocycles. The number of carbonyl (C=O) groups is 1. The van der Waals surface area contributed by atoms with Crippen LogP contribution in [0.15, 0.2) is 28.5 Å². The SMILES string of the molecule is CC/C=C(/CN(Cc1cccs1)C(=O)CCCCCN)SC. The quantitative estimate of drug-likeness (QED) is 0.612. The second-order valence-corrected chi connectivity index (χ2v) is 7.18. The molecule has 0 spiro atoms. The van der Waals surface area contributed by atoms with E-state index in [2.05, 4.69) is 30.7 Å². The molecule has 0 bridgehead atoms. The molecule has 1 aromatic rings. The molecule has 2 N–H and O–H groups in total. The molecule has 0 saturated carbocycles. The van der Waals surface area contributed by atoms with E-state index in [9.17, 15) is 4.79 Å². The first-order chi connectivity index (χ1) is 10.7. The third kappa shape index (κ3) is 7.47. The summed E-state index contributed by atoms with van der Waals surface area (Å²) in [6.45, 7) is 4.29. The Morgan fingerprint density at radius 3 is 2.82 bits per heavy atom. The van der Waals surface area contributed by atoms with E-state index in [0.717, 1.165) is 38.8 Å². The van der Waals surface area contributed by atoms with Gasteiger partial charge in [0.2, 0.25) is 5.91 Å². The van der Waals surface area contributed by atoms with Gasteiger partial charge < -0.3 is 10.6 Å². The van der Waals surface area contributed by atoms with Crippen molar-refractivity contribution in [3.05, 3.63) is 33.4 Å². The minimum absolute atomic E-state index is 0.251. The maximum atomic E-state index is 12.6. The summed E-state index contributed by atoms with van der Waals surface area (Å²) in [5.41, 5.74) is 5.51. The molecule has 5 heteroatoms. The Bertz CT molecular complexity index is 444. The number of rotatable bonds is 11. The molecule has 0 saturated heterocycles. The number of unbranched alkanes of at least 4 members (excludes halogenated alkanes) is 2. The zero-order valence-electron chi connectivity index (χ0n) is 13.7. The third-order valence-electron chi connectivity index (χ3n) is 3.41. The lowest BCUT2D eigenvalue weighted by atomic mass is 10.1. The van der Waals surface area contributed by atoms with Crippen LogP contribution < -0.4 is 5.73 Å². The summed E-state index contributed by atoms with van der Waals surface area (Å²) >= 11 is 3.45. The van der Waals surface area contributed by atoms with Crippen LogP contribution in [0.3, 0.4) is 0 Å². The summed E-state index contributed by atoms with van der Waals surface area (Å²) in [6.07, 6.45) is 8.90. The molecule has 1 rings (SSSR count). The fraction of sp³-hybridized carbons (Fsp3) is 0.588. The van der Waals surface area contributed by atoms with Gasteiger partial charge in [0.1, 0.15) is 0 Å². The van der Waals surface area contributed by atoms with E-state index in [-0.39, 0.29) is 5.91 Å². The van der Waals surface area contributed by atoms with Gasteiger partial charge in [0, 0.05) is 11.3 Å². The van der Waals surface area contributed by atoms with Gasteiger partial charge in [0.15, 0.2) is 0 Å². The van der Waals surface area contributed by atoms with E-state index in [0.29, 0.717) is 13.0 Å². The van der Waals surface area contributed by atoms with E-state index < -0.39 is 0 Å². The average molecular weight is 341 g/mol. The first kappa shape index (κ1) is 19.3. The highest BCUT2D eigenvalue weighted by Gasteiger charge is 2.15. The van der Waals surface area contributed by atoms with Crippen molar-refractivity contribution in [2.24, 2.45) is 5.73 Å². The normalized spacial score (nSPS) is 11.7. The molecule has 0 aliphatic rings. The molecule has 1 heterocycles. The standard InChI is InChI=1S/C17H28N2OS2/c1-3-8-15(21-2)13-19(14-16-9-7-12-22-16)17(20)10-5-4-6-11-18/h7-9,12H,3-6,10-11,13-14,18H2,1-2H3/b15-8-. The molecule has 22 heavy (non-hydrogen) atoms. The van der Waals surface area contributed by atoms with Crippen LogP contribution in [0, 0.1) is 0 Å². The first-order valence-electron chi connectivity index (χ1n) is 7.94. The van der Waals surface area contributed by atoms with Crippen LogP contribution >= 0.6 is 23.1 Å². The topological polar surface area (TPSA) is 46.3 Å². The summed E-state index contributed by atoms with van der Waals surface area (Å²) in [5.74, 6) is 0.251. The zero-order valence-corrected chi connectivity index (χ0v) is 15.3. The second-order valence-electron chi connectivity index (χ2n) is 5.21. The molecule has 0 unspecified atom stereocenters. The fourth-order valence-corrected chi connectivity index (χ4v) is 3.54. The van der Waals surface area contributed by atoms with E-state index in [1.807, 2.05) is 11.0 Å². The van der Waals surface area contributed by atoms with Crippen molar-refractivity contribution in [3.63, 3.8) is 0 Å². The lowest BCUT2D eigenvalue weighted by Gasteiger charge is -2.23. The van der Waals surface area contributed by atoms with Gasteiger partial charge in [-0.1, -0.05) is 25.5 Å². The van der Waals surface area contributed by atoms with Crippen LogP contribution in [-0.4, -0.2) is 30.2 Å². The van der Waals surface area contributed by atoms with Gasteiger partial charge in [-0.25, -0.2) is 0 Å². The molecular formula is C17H28N2OS2. The molecule has 3 nitrogen and oxygen atoms in total. The monoisotopic (exact) mass is 340 g/mol. The summed E-state index contributed by atoms with van der Waals surface area (Å²) in [6, 6.07) is 4.14. The van der Waals surface area contributed by atoms with Crippen LogP contribution in [0.1, 0.15) is 43.9 Å². The molecule has 1 aromatic heterocycles. The van der Waals surface area contributed by atoms with Crippen molar-refractivity contribution >= 4 is 29.0 Å². The maximum Gasteiger partial charge on any atom is 0.223 e. The van der Waals surface area contributed by atoms with Gasteiger partial charge in [-0.15, -0.1) is 23.1 Å². The molecule has 0 fully saturated rings. The predicted molar refractivity (Wildman–Crippen MR) is 99.1 cm³/mol. The first-order valence-corrected chi connectivity index (χ1v) is 10.0. The number of hydrogen-bond donors (Lipinski definition) is 1. The van der Waals surface area contributed by atoms with Crippen molar-refractivity contribution in [1.82, 2.24) is 4.90 Å². The summed E-state index contributed by atoms with van der Waals surface area (Å²) < 4.78 is 0. The van der Waals surface area contributed by atoms with E-state index in [1.54, 1.807) is 23.1 Å². The molecule has 124 valence electrons. The van der Waals surface area contributed by atoms with E-state index in [1.165, 1.54) is 9.78 Å². The molecule has 0 radical (unpaired) electrons. The van der Waals surface area contributed by atoms with Gasteiger partial charge in [0.05, 0.1) is 13.1 Å². The van der Waals surface area contributed by atoms with E-state index in [4.69, 9.17) is 5.73 Å².